The molecule has 156 valence electrons. The van der Waals surface area contributed by atoms with Crippen molar-refractivity contribution in [2.45, 2.75) is 38.5 Å². The van der Waals surface area contributed by atoms with Gasteiger partial charge in [0, 0.05) is 25.7 Å². The Kier molecular flexibility index (Phi) is 7.98. The number of methoxy groups -OCH3 is 2. The zero-order chi connectivity index (χ0) is 19.8. The second-order valence-corrected chi connectivity index (χ2v) is 8.05. The monoisotopic (exact) mass is 389 g/mol. The predicted molar refractivity (Wildman–Crippen MR) is 112 cm³/mol. The lowest BCUT2D eigenvalue weighted by molar-refractivity contribution is -0.117. The summed E-state index contributed by atoms with van der Waals surface area (Å²) in [5, 5.41) is 2.98. The van der Waals surface area contributed by atoms with Crippen molar-refractivity contribution in [3.05, 3.63) is 18.2 Å². The van der Waals surface area contributed by atoms with Crippen LogP contribution in [0.5, 0.6) is 11.5 Å². The minimum Gasteiger partial charge on any atom is -0.497 e. The van der Waals surface area contributed by atoms with Crippen molar-refractivity contribution < 1.29 is 14.3 Å². The first-order valence-corrected chi connectivity index (χ1v) is 10.6. The number of carbonyl (C=O) groups excluding carboxylic acids is 1. The molecule has 28 heavy (non-hydrogen) atoms. The van der Waals surface area contributed by atoms with Crippen LogP contribution >= 0.6 is 0 Å². The summed E-state index contributed by atoms with van der Waals surface area (Å²) in [5.41, 5.74) is 0.653. The number of nitrogens with zero attached hydrogens (tertiary/aromatic N) is 2. The highest BCUT2D eigenvalue weighted by atomic mass is 16.5. The van der Waals surface area contributed by atoms with Crippen LogP contribution in [0.1, 0.15) is 38.5 Å². The van der Waals surface area contributed by atoms with Crippen LogP contribution in [0.2, 0.25) is 0 Å². The summed E-state index contributed by atoms with van der Waals surface area (Å²) in [6, 6.07) is 5.43. The smallest absolute Gasteiger partial charge is 0.238 e. The van der Waals surface area contributed by atoms with E-state index in [0.29, 0.717) is 23.7 Å². The van der Waals surface area contributed by atoms with E-state index in [-0.39, 0.29) is 5.91 Å². The van der Waals surface area contributed by atoms with Gasteiger partial charge in [0.2, 0.25) is 5.91 Å². The Morgan fingerprint density at radius 1 is 1.00 bits per heavy atom. The first-order valence-electron chi connectivity index (χ1n) is 10.6. The maximum absolute atomic E-state index is 12.6. The Morgan fingerprint density at radius 2 is 1.75 bits per heavy atom. The third-order valence-corrected chi connectivity index (χ3v) is 5.97. The van der Waals surface area contributed by atoms with E-state index in [1.807, 2.05) is 12.1 Å². The predicted octanol–water partition coefficient (Wildman–Crippen LogP) is 3.23. The fourth-order valence-electron chi connectivity index (χ4n) is 4.40. The number of rotatable bonds is 7. The molecule has 1 amide bonds. The molecule has 1 saturated carbocycles. The summed E-state index contributed by atoms with van der Waals surface area (Å²) in [5.74, 6) is 2.21. The largest absolute Gasteiger partial charge is 0.497 e. The van der Waals surface area contributed by atoms with Gasteiger partial charge in [-0.25, -0.2) is 0 Å². The summed E-state index contributed by atoms with van der Waals surface area (Å²) in [6.07, 6.45) is 8.13. The molecule has 1 saturated heterocycles. The van der Waals surface area contributed by atoms with E-state index < -0.39 is 0 Å². The van der Waals surface area contributed by atoms with Crippen LogP contribution in [0.4, 0.5) is 5.69 Å². The Balaban J connectivity index is 1.48. The first kappa shape index (κ1) is 20.9. The number of hydrogen-bond acceptors (Lipinski definition) is 5. The van der Waals surface area contributed by atoms with E-state index in [4.69, 9.17) is 9.47 Å². The SMILES string of the molecule is COc1ccc(OC)c(NC(=O)CN2CCCN(CC3CCCCC3)CC2)c1. The molecule has 0 radical (unpaired) electrons. The molecular weight excluding hydrogens is 354 g/mol. The van der Waals surface area contributed by atoms with Crippen LogP contribution in [0.3, 0.4) is 0 Å². The van der Waals surface area contributed by atoms with E-state index in [2.05, 4.69) is 15.1 Å². The fourth-order valence-corrected chi connectivity index (χ4v) is 4.40. The van der Waals surface area contributed by atoms with Crippen LogP contribution in [0, 0.1) is 5.92 Å². The van der Waals surface area contributed by atoms with Gasteiger partial charge in [-0.2, -0.15) is 0 Å². The first-order chi connectivity index (χ1) is 13.7. The van der Waals surface area contributed by atoms with Crippen LogP contribution in [-0.4, -0.2) is 69.2 Å². The van der Waals surface area contributed by atoms with Crippen molar-refractivity contribution in [2.24, 2.45) is 5.92 Å². The molecule has 0 spiro atoms. The molecule has 6 heteroatoms. The average molecular weight is 390 g/mol. The number of benzene rings is 1. The molecule has 1 heterocycles. The lowest BCUT2D eigenvalue weighted by Crippen LogP contribution is -2.37. The van der Waals surface area contributed by atoms with Crippen LogP contribution < -0.4 is 14.8 Å². The normalized spacial score (nSPS) is 19.8. The minimum atomic E-state index is -0.00714. The van der Waals surface area contributed by atoms with E-state index in [1.54, 1.807) is 20.3 Å². The van der Waals surface area contributed by atoms with Gasteiger partial charge in [-0.3, -0.25) is 9.69 Å². The van der Waals surface area contributed by atoms with E-state index in [0.717, 1.165) is 38.5 Å². The van der Waals surface area contributed by atoms with Gasteiger partial charge in [-0.1, -0.05) is 19.3 Å². The van der Waals surface area contributed by atoms with Crippen molar-refractivity contribution in [3.8, 4) is 11.5 Å². The van der Waals surface area contributed by atoms with E-state index in [9.17, 15) is 4.79 Å². The lowest BCUT2D eigenvalue weighted by atomic mass is 9.89. The molecule has 0 atom stereocenters. The van der Waals surface area contributed by atoms with Gasteiger partial charge in [0.25, 0.3) is 0 Å². The molecule has 1 N–H and O–H groups in total. The number of anilines is 1. The van der Waals surface area contributed by atoms with Crippen molar-refractivity contribution in [1.82, 2.24) is 9.80 Å². The summed E-state index contributed by atoms with van der Waals surface area (Å²) >= 11 is 0. The number of carbonyl (C=O) groups is 1. The zero-order valence-corrected chi connectivity index (χ0v) is 17.4. The van der Waals surface area contributed by atoms with Crippen molar-refractivity contribution in [1.29, 1.82) is 0 Å². The maximum atomic E-state index is 12.6. The molecular formula is C22H35N3O3. The Morgan fingerprint density at radius 3 is 2.50 bits per heavy atom. The third-order valence-electron chi connectivity index (χ3n) is 5.97. The minimum absolute atomic E-state index is 0.00714. The van der Waals surface area contributed by atoms with Crippen LogP contribution in [-0.2, 0) is 4.79 Å². The van der Waals surface area contributed by atoms with Gasteiger partial charge in [0.1, 0.15) is 11.5 Å². The topological polar surface area (TPSA) is 54.0 Å². The van der Waals surface area contributed by atoms with Gasteiger partial charge >= 0.3 is 0 Å². The lowest BCUT2D eigenvalue weighted by Gasteiger charge is -2.28. The van der Waals surface area contributed by atoms with Gasteiger partial charge in [-0.15, -0.1) is 0 Å². The molecule has 2 fully saturated rings. The van der Waals surface area contributed by atoms with Crippen LogP contribution in [0.25, 0.3) is 0 Å². The highest BCUT2D eigenvalue weighted by Gasteiger charge is 2.21. The molecule has 1 aromatic carbocycles. The van der Waals surface area contributed by atoms with Gasteiger partial charge < -0.3 is 19.7 Å². The number of hydrogen-bond donors (Lipinski definition) is 1. The van der Waals surface area contributed by atoms with Crippen LogP contribution in [0.15, 0.2) is 18.2 Å². The number of ether oxygens (including phenoxy) is 2. The second-order valence-electron chi connectivity index (χ2n) is 8.05. The van der Waals surface area contributed by atoms with Gasteiger partial charge in [-0.05, 0) is 50.4 Å². The van der Waals surface area contributed by atoms with Gasteiger partial charge in [0.05, 0.1) is 26.5 Å². The molecule has 1 aromatic rings. The third kappa shape index (κ3) is 6.11. The molecule has 0 unspecified atom stereocenters. The zero-order valence-electron chi connectivity index (χ0n) is 17.4. The Hall–Kier alpha value is -1.79. The average Bonchev–Trinajstić information content (AvgIpc) is 2.93. The molecule has 0 bridgehead atoms. The highest BCUT2D eigenvalue weighted by Crippen LogP contribution is 2.29. The van der Waals surface area contributed by atoms with Crippen molar-refractivity contribution in [3.63, 3.8) is 0 Å². The standard InChI is InChI=1S/C22H35N3O3/c1-27-19-9-10-21(28-2)20(15-19)23-22(26)17-25-12-6-11-24(13-14-25)16-18-7-4-3-5-8-18/h9-10,15,18H,3-8,11-14,16-17H2,1-2H3,(H,23,26). The molecule has 1 aliphatic carbocycles. The summed E-state index contributed by atoms with van der Waals surface area (Å²) in [4.78, 5) is 17.5. The molecule has 3 rings (SSSR count). The summed E-state index contributed by atoms with van der Waals surface area (Å²) in [7, 11) is 3.22. The second kappa shape index (κ2) is 10.7. The summed E-state index contributed by atoms with van der Waals surface area (Å²) < 4.78 is 10.6. The molecule has 6 nitrogen and oxygen atoms in total. The Bertz CT molecular complexity index is 631. The van der Waals surface area contributed by atoms with Crippen molar-refractivity contribution >= 4 is 11.6 Å². The Labute approximate surface area is 169 Å². The molecule has 0 aromatic heterocycles. The van der Waals surface area contributed by atoms with Gasteiger partial charge in [0.15, 0.2) is 0 Å². The number of nitrogens with one attached hydrogen (secondary N) is 1. The highest BCUT2D eigenvalue weighted by molar-refractivity contribution is 5.94. The summed E-state index contributed by atoms with van der Waals surface area (Å²) in [6.45, 7) is 5.79. The fraction of sp³-hybridized carbons (Fsp3) is 0.682. The quantitative estimate of drug-likeness (QED) is 0.776. The maximum Gasteiger partial charge on any atom is 0.238 e. The number of amides is 1. The molecule has 1 aliphatic heterocycles. The van der Waals surface area contributed by atoms with E-state index in [1.165, 1.54) is 38.6 Å². The molecule has 2 aliphatic rings. The van der Waals surface area contributed by atoms with Crippen molar-refractivity contribution in [2.75, 3.05) is 58.8 Å². The van der Waals surface area contributed by atoms with E-state index >= 15 is 0 Å².